The number of nitrogens with zero attached hydrogens (tertiary/aromatic N) is 1. The first-order valence-corrected chi connectivity index (χ1v) is 8.63. The molecule has 0 aliphatic heterocycles. The molecule has 0 spiro atoms. The topological polar surface area (TPSA) is 42.0 Å². The summed E-state index contributed by atoms with van der Waals surface area (Å²) in [7, 11) is 0. The molecule has 0 bridgehead atoms. The third-order valence-corrected chi connectivity index (χ3v) is 4.35. The van der Waals surface area contributed by atoms with Crippen LogP contribution in [0.4, 0.5) is 5.13 Å². The van der Waals surface area contributed by atoms with E-state index in [9.17, 15) is 4.79 Å². The number of rotatable bonds is 4. The van der Waals surface area contributed by atoms with Gasteiger partial charge in [0.1, 0.15) is 0 Å². The zero-order valence-corrected chi connectivity index (χ0v) is 14.6. The number of hydrogen-bond donors (Lipinski definition) is 1. The maximum atomic E-state index is 12.0. The van der Waals surface area contributed by atoms with E-state index < -0.39 is 0 Å². The second kappa shape index (κ2) is 7.43. The molecule has 0 saturated heterocycles. The van der Waals surface area contributed by atoms with Crippen molar-refractivity contribution in [2.75, 3.05) is 5.32 Å². The lowest BCUT2D eigenvalue weighted by molar-refractivity contribution is -0.111. The molecule has 3 aromatic rings. The lowest BCUT2D eigenvalue weighted by atomic mass is 10.1. The van der Waals surface area contributed by atoms with Gasteiger partial charge in [-0.15, -0.1) is 11.3 Å². The van der Waals surface area contributed by atoms with Gasteiger partial charge in [-0.3, -0.25) is 10.1 Å². The number of thiazole rings is 1. The minimum absolute atomic E-state index is 0.222. The van der Waals surface area contributed by atoms with Gasteiger partial charge in [-0.2, -0.15) is 0 Å². The van der Waals surface area contributed by atoms with Crippen LogP contribution in [0.1, 0.15) is 11.1 Å². The summed E-state index contributed by atoms with van der Waals surface area (Å²) >= 11 is 7.32. The summed E-state index contributed by atoms with van der Waals surface area (Å²) in [6.07, 6.45) is 3.19. The Bertz CT molecular complexity index is 884. The van der Waals surface area contributed by atoms with E-state index in [1.54, 1.807) is 18.2 Å². The summed E-state index contributed by atoms with van der Waals surface area (Å²) in [6, 6.07) is 15.4. The number of aromatic nitrogens is 1. The second-order valence-corrected chi connectivity index (χ2v) is 6.58. The molecule has 0 saturated carbocycles. The Hall–Kier alpha value is -2.43. The number of halogens is 1. The van der Waals surface area contributed by atoms with Gasteiger partial charge in [-0.25, -0.2) is 4.98 Å². The maximum Gasteiger partial charge on any atom is 0.250 e. The third-order valence-electron chi connectivity index (χ3n) is 3.36. The first-order chi connectivity index (χ1) is 11.6. The molecule has 1 heterocycles. The second-order valence-electron chi connectivity index (χ2n) is 5.28. The van der Waals surface area contributed by atoms with Crippen molar-refractivity contribution in [3.63, 3.8) is 0 Å². The van der Waals surface area contributed by atoms with Crippen molar-refractivity contribution in [1.82, 2.24) is 4.98 Å². The molecule has 120 valence electrons. The van der Waals surface area contributed by atoms with Crippen molar-refractivity contribution >= 4 is 40.1 Å². The van der Waals surface area contributed by atoms with Crippen molar-refractivity contribution < 1.29 is 4.79 Å². The lowest BCUT2D eigenvalue weighted by Gasteiger charge is -1.98. The molecule has 0 aliphatic rings. The minimum atomic E-state index is -0.222. The van der Waals surface area contributed by atoms with Crippen molar-refractivity contribution in [2.24, 2.45) is 0 Å². The van der Waals surface area contributed by atoms with Crippen LogP contribution in [0.5, 0.6) is 0 Å². The number of nitrogens with one attached hydrogen (secondary N) is 1. The average molecular weight is 355 g/mol. The highest BCUT2D eigenvalue weighted by Gasteiger charge is 2.06. The molecule has 3 rings (SSSR count). The van der Waals surface area contributed by atoms with Gasteiger partial charge < -0.3 is 0 Å². The largest absolute Gasteiger partial charge is 0.298 e. The van der Waals surface area contributed by atoms with Crippen molar-refractivity contribution in [3.05, 3.63) is 76.1 Å². The average Bonchev–Trinajstić information content (AvgIpc) is 3.02. The number of carbonyl (C=O) groups excluding carboxylic acids is 1. The van der Waals surface area contributed by atoms with Crippen LogP contribution in [0.15, 0.2) is 60.0 Å². The van der Waals surface area contributed by atoms with Gasteiger partial charge >= 0.3 is 0 Å². The smallest absolute Gasteiger partial charge is 0.250 e. The van der Waals surface area contributed by atoms with E-state index in [4.69, 9.17) is 11.6 Å². The fourth-order valence-corrected chi connectivity index (χ4v) is 3.04. The molecule has 0 radical (unpaired) electrons. The molecule has 1 amide bonds. The first-order valence-electron chi connectivity index (χ1n) is 7.37. The van der Waals surface area contributed by atoms with Crippen molar-refractivity contribution in [1.29, 1.82) is 0 Å². The van der Waals surface area contributed by atoms with Crippen LogP contribution in [-0.4, -0.2) is 10.9 Å². The Morgan fingerprint density at radius 2 is 2.00 bits per heavy atom. The van der Waals surface area contributed by atoms with Crippen molar-refractivity contribution in [3.8, 4) is 11.3 Å². The molecule has 1 N–H and O–H groups in total. The summed E-state index contributed by atoms with van der Waals surface area (Å²) in [5.74, 6) is -0.222. The van der Waals surface area contributed by atoms with E-state index in [-0.39, 0.29) is 5.91 Å². The van der Waals surface area contributed by atoms with Crippen LogP contribution >= 0.6 is 22.9 Å². The number of benzene rings is 2. The monoisotopic (exact) mass is 354 g/mol. The van der Waals surface area contributed by atoms with Crippen LogP contribution < -0.4 is 5.32 Å². The van der Waals surface area contributed by atoms with Gasteiger partial charge in [0.2, 0.25) is 5.91 Å². The van der Waals surface area contributed by atoms with E-state index in [0.717, 1.165) is 16.8 Å². The lowest BCUT2D eigenvalue weighted by Crippen LogP contribution is -2.07. The molecule has 0 aliphatic carbocycles. The number of aryl methyl sites for hydroxylation is 1. The maximum absolute atomic E-state index is 12.0. The predicted octanol–water partition coefficient (Wildman–Crippen LogP) is 5.42. The van der Waals surface area contributed by atoms with Gasteiger partial charge in [-0.1, -0.05) is 53.6 Å². The number of amides is 1. The van der Waals surface area contributed by atoms with E-state index in [0.29, 0.717) is 10.2 Å². The Labute approximate surface area is 149 Å². The van der Waals surface area contributed by atoms with Crippen LogP contribution in [0.2, 0.25) is 5.02 Å². The standard InChI is InChI=1S/C19H15ClN2OS/c1-13-5-8-15(9-6-13)17-12-24-19(21-17)22-18(23)10-7-14-3-2-4-16(20)11-14/h2-12H,1H3,(H,21,22,23)/b10-7+. The molecule has 5 heteroatoms. The molecular formula is C19H15ClN2OS. The summed E-state index contributed by atoms with van der Waals surface area (Å²) in [6.45, 7) is 2.04. The highest BCUT2D eigenvalue weighted by atomic mass is 35.5. The van der Waals surface area contributed by atoms with Crippen LogP contribution in [0, 0.1) is 6.92 Å². The molecular weight excluding hydrogens is 340 g/mol. The van der Waals surface area contributed by atoms with E-state index in [1.807, 2.05) is 48.7 Å². The normalized spacial score (nSPS) is 10.9. The Morgan fingerprint density at radius 3 is 2.75 bits per heavy atom. The van der Waals surface area contributed by atoms with Gasteiger partial charge in [0.15, 0.2) is 5.13 Å². The summed E-state index contributed by atoms with van der Waals surface area (Å²) in [5, 5.41) is 5.92. The Morgan fingerprint density at radius 1 is 1.21 bits per heavy atom. The number of anilines is 1. The molecule has 2 aromatic carbocycles. The molecule has 1 aromatic heterocycles. The van der Waals surface area contributed by atoms with Gasteiger partial charge in [0, 0.05) is 22.0 Å². The summed E-state index contributed by atoms with van der Waals surface area (Å²) in [5.41, 5.74) is 3.96. The molecule has 0 atom stereocenters. The zero-order valence-electron chi connectivity index (χ0n) is 13.0. The number of hydrogen-bond acceptors (Lipinski definition) is 3. The van der Waals surface area contributed by atoms with Crippen LogP contribution in [-0.2, 0) is 4.79 Å². The highest BCUT2D eigenvalue weighted by molar-refractivity contribution is 7.14. The summed E-state index contributed by atoms with van der Waals surface area (Å²) in [4.78, 5) is 16.4. The first kappa shape index (κ1) is 16.4. The van der Waals surface area contributed by atoms with Gasteiger partial charge in [0.05, 0.1) is 5.69 Å². The van der Waals surface area contributed by atoms with Crippen LogP contribution in [0.3, 0.4) is 0 Å². The van der Waals surface area contributed by atoms with Crippen molar-refractivity contribution in [2.45, 2.75) is 6.92 Å². The van der Waals surface area contributed by atoms with Crippen LogP contribution in [0.25, 0.3) is 17.3 Å². The quantitative estimate of drug-likeness (QED) is 0.635. The van der Waals surface area contributed by atoms with E-state index >= 15 is 0 Å². The van der Waals surface area contributed by atoms with E-state index in [2.05, 4.69) is 10.3 Å². The molecule has 0 unspecified atom stereocenters. The molecule has 0 fully saturated rings. The predicted molar refractivity (Wildman–Crippen MR) is 101 cm³/mol. The zero-order chi connectivity index (χ0) is 16.9. The fourth-order valence-electron chi connectivity index (χ4n) is 2.12. The SMILES string of the molecule is Cc1ccc(-c2csc(NC(=O)/C=C/c3cccc(Cl)c3)n2)cc1. The highest BCUT2D eigenvalue weighted by Crippen LogP contribution is 2.25. The molecule has 3 nitrogen and oxygen atoms in total. The number of carbonyl (C=O) groups is 1. The van der Waals surface area contributed by atoms with Gasteiger partial charge in [0.25, 0.3) is 0 Å². The van der Waals surface area contributed by atoms with E-state index in [1.165, 1.54) is 23.0 Å². The van der Waals surface area contributed by atoms with Gasteiger partial charge in [-0.05, 0) is 30.7 Å². The Kier molecular flexibility index (Phi) is 5.08. The fraction of sp³-hybridized carbons (Fsp3) is 0.0526. The summed E-state index contributed by atoms with van der Waals surface area (Å²) < 4.78 is 0. The third kappa shape index (κ3) is 4.31. The molecule has 24 heavy (non-hydrogen) atoms. The minimum Gasteiger partial charge on any atom is -0.298 e. The Balaban J connectivity index is 1.66.